The van der Waals surface area contributed by atoms with Crippen molar-refractivity contribution in [3.05, 3.63) is 82.4 Å². The average molecular weight is 443 g/mol. The predicted molar refractivity (Wildman–Crippen MR) is 144 cm³/mol. The number of hydrogen-bond acceptors (Lipinski definition) is 0. The van der Waals surface area contributed by atoms with Crippen LogP contribution in [0.2, 0.25) is 0 Å². The average Bonchev–Trinajstić information content (AvgIpc) is 2.78. The van der Waals surface area contributed by atoms with E-state index in [4.69, 9.17) is 0 Å². The van der Waals surface area contributed by atoms with Crippen LogP contribution in [0.3, 0.4) is 0 Å². The highest BCUT2D eigenvalue weighted by Crippen LogP contribution is 2.42. The van der Waals surface area contributed by atoms with Gasteiger partial charge in [0.1, 0.15) is 0 Å². The SMILES string of the molecule is C=C(C)CCCC1CCC(CCCC2c3ccccc3Cc3ccc(C(C)(C)C)cc32)CC1. The van der Waals surface area contributed by atoms with E-state index in [1.165, 1.54) is 75.3 Å². The second-order valence-corrected chi connectivity index (χ2v) is 12.3. The van der Waals surface area contributed by atoms with Crippen LogP contribution in [0.1, 0.15) is 126 Å². The highest BCUT2D eigenvalue weighted by atomic mass is 14.3. The van der Waals surface area contributed by atoms with E-state index in [0.717, 1.165) is 18.3 Å². The third kappa shape index (κ3) is 6.20. The smallest absolute Gasteiger partial charge is 0.00951 e. The van der Waals surface area contributed by atoms with E-state index in [1.807, 2.05) is 0 Å². The largest absolute Gasteiger partial charge is 0.100 e. The molecule has 0 nitrogen and oxygen atoms in total. The molecular formula is C33H46. The third-order valence-electron chi connectivity index (χ3n) is 8.49. The van der Waals surface area contributed by atoms with Crippen LogP contribution in [0.5, 0.6) is 0 Å². The molecule has 2 aliphatic carbocycles. The van der Waals surface area contributed by atoms with Gasteiger partial charge in [-0.3, -0.25) is 0 Å². The zero-order chi connectivity index (χ0) is 23.4. The van der Waals surface area contributed by atoms with Crippen molar-refractivity contribution in [1.82, 2.24) is 0 Å². The monoisotopic (exact) mass is 442 g/mol. The summed E-state index contributed by atoms with van der Waals surface area (Å²) in [5.74, 6) is 2.51. The maximum Gasteiger partial charge on any atom is 0.00951 e. The fourth-order valence-corrected chi connectivity index (χ4v) is 6.38. The van der Waals surface area contributed by atoms with Crippen LogP contribution >= 0.6 is 0 Å². The first-order chi connectivity index (χ1) is 15.8. The van der Waals surface area contributed by atoms with Crippen LogP contribution in [0.25, 0.3) is 0 Å². The van der Waals surface area contributed by atoms with Gasteiger partial charge in [-0.2, -0.15) is 0 Å². The Labute approximate surface area is 203 Å². The molecule has 0 amide bonds. The number of hydrogen-bond donors (Lipinski definition) is 0. The Balaban J connectivity index is 1.37. The van der Waals surface area contributed by atoms with Crippen molar-refractivity contribution in [2.75, 3.05) is 0 Å². The first-order valence-corrected chi connectivity index (χ1v) is 13.7. The summed E-state index contributed by atoms with van der Waals surface area (Å²) in [5.41, 5.74) is 9.36. The molecule has 178 valence electrons. The molecule has 2 aliphatic rings. The van der Waals surface area contributed by atoms with E-state index in [-0.39, 0.29) is 5.41 Å². The van der Waals surface area contributed by atoms with Crippen LogP contribution in [0.15, 0.2) is 54.6 Å². The van der Waals surface area contributed by atoms with Crippen molar-refractivity contribution in [2.24, 2.45) is 11.8 Å². The third-order valence-corrected chi connectivity index (χ3v) is 8.49. The van der Waals surface area contributed by atoms with Crippen LogP contribution in [-0.4, -0.2) is 0 Å². The van der Waals surface area contributed by atoms with Gasteiger partial charge in [-0.05, 0) is 77.7 Å². The van der Waals surface area contributed by atoms with E-state index in [0.29, 0.717) is 5.92 Å². The number of allylic oxidation sites excluding steroid dienone is 1. The zero-order valence-corrected chi connectivity index (χ0v) is 21.8. The molecule has 0 heterocycles. The van der Waals surface area contributed by atoms with Crippen LogP contribution < -0.4 is 0 Å². The van der Waals surface area contributed by atoms with E-state index in [2.05, 4.69) is 76.7 Å². The Hall–Kier alpha value is -1.82. The van der Waals surface area contributed by atoms with Gasteiger partial charge in [0.15, 0.2) is 0 Å². The lowest BCUT2D eigenvalue weighted by molar-refractivity contribution is 0.245. The minimum absolute atomic E-state index is 0.208. The zero-order valence-electron chi connectivity index (χ0n) is 21.8. The van der Waals surface area contributed by atoms with Gasteiger partial charge in [0, 0.05) is 5.92 Å². The van der Waals surface area contributed by atoms with E-state index < -0.39 is 0 Å². The van der Waals surface area contributed by atoms with Crippen molar-refractivity contribution < 1.29 is 0 Å². The molecule has 0 aliphatic heterocycles. The van der Waals surface area contributed by atoms with Crippen molar-refractivity contribution in [3.63, 3.8) is 0 Å². The van der Waals surface area contributed by atoms with Gasteiger partial charge in [0.25, 0.3) is 0 Å². The fraction of sp³-hybridized carbons (Fsp3) is 0.576. The minimum atomic E-state index is 0.208. The summed E-state index contributed by atoms with van der Waals surface area (Å²) >= 11 is 0. The molecule has 1 fully saturated rings. The Morgan fingerprint density at radius 1 is 0.818 bits per heavy atom. The molecule has 1 atom stereocenters. The number of benzene rings is 2. The maximum atomic E-state index is 4.07. The second-order valence-electron chi connectivity index (χ2n) is 12.3. The minimum Gasteiger partial charge on any atom is -0.100 e. The molecule has 1 unspecified atom stereocenters. The van der Waals surface area contributed by atoms with Gasteiger partial charge < -0.3 is 0 Å². The van der Waals surface area contributed by atoms with Crippen molar-refractivity contribution in [2.45, 2.75) is 110 Å². The molecule has 0 heteroatoms. The highest BCUT2D eigenvalue weighted by molar-refractivity contribution is 5.51. The molecule has 0 spiro atoms. The Morgan fingerprint density at radius 2 is 1.45 bits per heavy atom. The highest BCUT2D eigenvalue weighted by Gasteiger charge is 2.28. The summed E-state index contributed by atoms with van der Waals surface area (Å²) < 4.78 is 0. The lowest BCUT2D eigenvalue weighted by Gasteiger charge is -2.32. The summed E-state index contributed by atoms with van der Waals surface area (Å²) in [7, 11) is 0. The van der Waals surface area contributed by atoms with Gasteiger partial charge in [-0.1, -0.05) is 114 Å². The van der Waals surface area contributed by atoms with E-state index in [1.54, 1.807) is 22.3 Å². The molecule has 1 saturated carbocycles. The van der Waals surface area contributed by atoms with Crippen LogP contribution in [0.4, 0.5) is 0 Å². The second kappa shape index (κ2) is 10.6. The van der Waals surface area contributed by atoms with Crippen molar-refractivity contribution >= 4 is 0 Å². The summed E-state index contributed by atoms with van der Waals surface area (Å²) in [5, 5.41) is 0. The first kappa shape index (κ1) is 24.3. The molecule has 33 heavy (non-hydrogen) atoms. The van der Waals surface area contributed by atoms with Gasteiger partial charge in [-0.15, -0.1) is 6.58 Å². The van der Waals surface area contributed by atoms with Crippen molar-refractivity contribution in [1.29, 1.82) is 0 Å². The molecular weight excluding hydrogens is 396 g/mol. The first-order valence-electron chi connectivity index (χ1n) is 13.7. The Morgan fingerprint density at radius 3 is 2.12 bits per heavy atom. The summed E-state index contributed by atoms with van der Waals surface area (Å²) in [4.78, 5) is 0. The Bertz CT molecular complexity index is 933. The van der Waals surface area contributed by atoms with Gasteiger partial charge in [0.05, 0.1) is 0 Å². The van der Waals surface area contributed by atoms with Crippen LogP contribution in [-0.2, 0) is 11.8 Å². The van der Waals surface area contributed by atoms with E-state index in [9.17, 15) is 0 Å². The molecule has 0 saturated heterocycles. The normalized spacial score (nSPS) is 22.5. The maximum absolute atomic E-state index is 4.07. The molecule has 0 radical (unpaired) electrons. The summed E-state index contributed by atoms with van der Waals surface area (Å²) in [6, 6.07) is 16.6. The van der Waals surface area contributed by atoms with Gasteiger partial charge in [0.2, 0.25) is 0 Å². The standard InChI is InChI=1S/C33H46/c1-24(2)10-8-11-25-16-18-26(19-17-25)12-9-15-31-30-14-7-6-13-27(30)22-28-20-21-29(23-32(28)31)33(3,4)5/h6-7,13-14,20-21,23,25-26,31H,1,8-12,15-19,22H2,2-5H3. The molecule has 4 rings (SSSR count). The van der Waals surface area contributed by atoms with E-state index >= 15 is 0 Å². The topological polar surface area (TPSA) is 0 Å². The van der Waals surface area contributed by atoms with Gasteiger partial charge >= 0.3 is 0 Å². The summed E-state index contributed by atoms with van der Waals surface area (Å²) in [6.45, 7) is 13.3. The molecule has 0 N–H and O–H groups in total. The van der Waals surface area contributed by atoms with Crippen LogP contribution in [0, 0.1) is 11.8 Å². The molecule has 0 bridgehead atoms. The molecule has 2 aromatic carbocycles. The number of rotatable bonds is 8. The predicted octanol–water partition coefficient (Wildman–Crippen LogP) is 9.74. The lowest BCUT2D eigenvalue weighted by atomic mass is 9.73. The quantitative estimate of drug-likeness (QED) is 0.357. The fourth-order valence-electron chi connectivity index (χ4n) is 6.38. The molecule has 0 aromatic heterocycles. The summed E-state index contributed by atoms with van der Waals surface area (Å²) in [6.07, 6.45) is 15.0. The Kier molecular flexibility index (Phi) is 7.83. The molecule has 2 aromatic rings. The van der Waals surface area contributed by atoms with Crippen molar-refractivity contribution in [3.8, 4) is 0 Å². The van der Waals surface area contributed by atoms with Gasteiger partial charge in [-0.25, -0.2) is 0 Å². The number of fused-ring (bicyclic) bond motifs is 2. The lowest BCUT2D eigenvalue weighted by Crippen LogP contribution is -2.18.